The van der Waals surface area contributed by atoms with E-state index in [2.05, 4.69) is 0 Å². The molecule has 0 radical (unpaired) electrons. The molecule has 1 atom stereocenters. The van der Waals surface area contributed by atoms with E-state index in [9.17, 15) is 9.59 Å². The van der Waals surface area contributed by atoms with E-state index in [4.69, 9.17) is 10.2 Å². The Morgan fingerprint density at radius 2 is 1.90 bits per heavy atom. The molecule has 106 valence electrons. The van der Waals surface area contributed by atoms with Crippen molar-refractivity contribution in [2.24, 2.45) is 11.8 Å². The van der Waals surface area contributed by atoms with Crippen molar-refractivity contribution in [2.45, 2.75) is 6.92 Å². The highest BCUT2D eigenvalue weighted by atomic mass is 16.4. The highest BCUT2D eigenvalue weighted by molar-refractivity contribution is 5.92. The minimum absolute atomic E-state index is 0.0403. The summed E-state index contributed by atoms with van der Waals surface area (Å²) in [5.41, 5.74) is 0.826. The number of hydrogen-bond donors (Lipinski definition) is 2. The van der Waals surface area contributed by atoms with Gasteiger partial charge in [0.05, 0.1) is 5.92 Å². The Balaban J connectivity index is 1.85. The monoisotopic (exact) mass is 275 g/mol. The van der Waals surface area contributed by atoms with Gasteiger partial charge in [0.2, 0.25) is 5.91 Å². The fourth-order valence-corrected chi connectivity index (χ4v) is 2.07. The Morgan fingerprint density at radius 3 is 2.45 bits per heavy atom. The van der Waals surface area contributed by atoms with Crippen LogP contribution in [0.1, 0.15) is 12.5 Å². The first-order chi connectivity index (χ1) is 9.47. The number of carbonyl (C=O) groups excluding carboxylic acids is 1. The highest BCUT2D eigenvalue weighted by Gasteiger charge is 2.36. The molecule has 1 fully saturated rings. The molecule has 1 aromatic carbocycles. The van der Waals surface area contributed by atoms with Crippen molar-refractivity contribution in [1.82, 2.24) is 4.90 Å². The molecule has 0 aliphatic carbocycles. The molecule has 5 nitrogen and oxygen atoms in total. The third-order valence-electron chi connectivity index (χ3n) is 3.63. The number of carboxylic acid groups (broad SMARTS) is 1. The lowest BCUT2D eigenvalue weighted by molar-refractivity contribution is -0.148. The Morgan fingerprint density at radius 1 is 1.30 bits per heavy atom. The molecule has 1 amide bonds. The molecule has 1 aliphatic rings. The molecule has 0 bridgehead atoms. The Bertz CT molecular complexity index is 529. The fourth-order valence-electron chi connectivity index (χ4n) is 2.07. The molecule has 20 heavy (non-hydrogen) atoms. The number of phenols is 1. The van der Waals surface area contributed by atoms with Gasteiger partial charge in [0.15, 0.2) is 0 Å². The summed E-state index contributed by atoms with van der Waals surface area (Å²) < 4.78 is 0. The van der Waals surface area contributed by atoms with Crippen molar-refractivity contribution in [3.05, 3.63) is 35.9 Å². The molecular formula is C15H17NO4. The maximum Gasteiger partial charge on any atom is 0.306 e. The molecule has 0 spiro atoms. The summed E-state index contributed by atoms with van der Waals surface area (Å²) in [6, 6.07) is 6.53. The summed E-state index contributed by atoms with van der Waals surface area (Å²) >= 11 is 0. The molecular weight excluding hydrogens is 258 g/mol. The summed E-state index contributed by atoms with van der Waals surface area (Å²) in [7, 11) is 0. The first-order valence-electron chi connectivity index (χ1n) is 6.46. The van der Waals surface area contributed by atoms with Crippen LogP contribution in [0.3, 0.4) is 0 Å². The van der Waals surface area contributed by atoms with Crippen LogP contribution in [0.25, 0.3) is 6.08 Å². The standard InChI is InChI=1S/C15H17NO4/c1-10(15(19)20)12-8-16(9-12)14(18)7-4-11-2-5-13(17)6-3-11/h2-7,10,12,17H,8-9H2,1H3,(H,19,20)/b7-4+. The van der Waals surface area contributed by atoms with Crippen LogP contribution in [0.5, 0.6) is 5.75 Å². The van der Waals surface area contributed by atoms with Gasteiger partial charge in [-0.25, -0.2) is 0 Å². The van der Waals surface area contributed by atoms with Crippen molar-refractivity contribution >= 4 is 18.0 Å². The SMILES string of the molecule is CC(C(=O)O)C1CN(C(=O)/C=C/c2ccc(O)cc2)C1. The zero-order valence-corrected chi connectivity index (χ0v) is 11.2. The summed E-state index contributed by atoms with van der Waals surface area (Å²) in [5, 5.41) is 18.0. The molecule has 0 saturated carbocycles. The van der Waals surface area contributed by atoms with E-state index in [1.807, 2.05) is 0 Å². The fraction of sp³-hybridized carbons (Fsp3) is 0.333. The number of amides is 1. The van der Waals surface area contributed by atoms with Crippen molar-refractivity contribution in [3.63, 3.8) is 0 Å². The van der Waals surface area contributed by atoms with Crippen molar-refractivity contribution in [3.8, 4) is 5.75 Å². The quantitative estimate of drug-likeness (QED) is 0.818. The normalized spacial score (nSPS) is 16.9. The first kappa shape index (κ1) is 14.1. The van der Waals surface area contributed by atoms with E-state index in [0.717, 1.165) is 5.56 Å². The van der Waals surface area contributed by atoms with Gasteiger partial charge in [-0.1, -0.05) is 19.1 Å². The maximum absolute atomic E-state index is 11.8. The second-order valence-electron chi connectivity index (χ2n) is 5.06. The summed E-state index contributed by atoms with van der Waals surface area (Å²) in [4.78, 5) is 24.3. The van der Waals surface area contributed by atoms with E-state index in [0.29, 0.717) is 13.1 Å². The summed E-state index contributed by atoms with van der Waals surface area (Å²) in [6.07, 6.45) is 3.14. The predicted octanol–water partition coefficient (Wildman–Crippen LogP) is 1.58. The van der Waals surface area contributed by atoms with Gasteiger partial charge in [-0.3, -0.25) is 9.59 Å². The van der Waals surface area contributed by atoms with Crippen LogP contribution in [-0.4, -0.2) is 40.1 Å². The van der Waals surface area contributed by atoms with Crippen molar-refractivity contribution < 1.29 is 19.8 Å². The van der Waals surface area contributed by atoms with Gasteiger partial charge in [0.25, 0.3) is 0 Å². The largest absolute Gasteiger partial charge is 0.508 e. The summed E-state index contributed by atoms with van der Waals surface area (Å²) in [5.74, 6) is -1.13. The second kappa shape index (κ2) is 5.77. The molecule has 2 N–H and O–H groups in total. The number of carboxylic acids is 1. The van der Waals surface area contributed by atoms with Crippen LogP contribution < -0.4 is 0 Å². The maximum atomic E-state index is 11.8. The van der Waals surface area contributed by atoms with Gasteiger partial charge >= 0.3 is 5.97 Å². The van der Waals surface area contributed by atoms with E-state index < -0.39 is 11.9 Å². The lowest BCUT2D eigenvalue weighted by Gasteiger charge is -2.40. The summed E-state index contributed by atoms with van der Waals surface area (Å²) in [6.45, 7) is 2.65. The molecule has 1 unspecified atom stereocenters. The molecule has 1 saturated heterocycles. The predicted molar refractivity (Wildman–Crippen MR) is 74.0 cm³/mol. The molecule has 1 heterocycles. The van der Waals surface area contributed by atoms with E-state index in [-0.39, 0.29) is 17.6 Å². The van der Waals surface area contributed by atoms with Gasteiger partial charge in [-0.15, -0.1) is 0 Å². The highest BCUT2D eigenvalue weighted by Crippen LogP contribution is 2.24. The first-order valence-corrected chi connectivity index (χ1v) is 6.46. The Kier molecular flexibility index (Phi) is 4.08. The Hall–Kier alpha value is -2.30. The average Bonchev–Trinajstić information content (AvgIpc) is 2.36. The number of carbonyl (C=O) groups is 2. The lowest BCUT2D eigenvalue weighted by Crippen LogP contribution is -2.53. The zero-order valence-electron chi connectivity index (χ0n) is 11.2. The van der Waals surface area contributed by atoms with Crippen LogP contribution in [0, 0.1) is 11.8 Å². The number of nitrogens with zero attached hydrogens (tertiary/aromatic N) is 1. The number of benzene rings is 1. The van der Waals surface area contributed by atoms with E-state index >= 15 is 0 Å². The van der Waals surface area contributed by atoms with Crippen molar-refractivity contribution in [1.29, 1.82) is 0 Å². The number of aromatic hydroxyl groups is 1. The zero-order chi connectivity index (χ0) is 14.7. The third kappa shape index (κ3) is 3.17. The van der Waals surface area contributed by atoms with Gasteiger partial charge in [-0.05, 0) is 23.8 Å². The second-order valence-corrected chi connectivity index (χ2v) is 5.06. The van der Waals surface area contributed by atoms with Gasteiger partial charge in [-0.2, -0.15) is 0 Å². The molecule has 2 rings (SSSR count). The number of likely N-dealkylation sites (tertiary alicyclic amines) is 1. The smallest absolute Gasteiger partial charge is 0.306 e. The minimum Gasteiger partial charge on any atom is -0.508 e. The van der Waals surface area contributed by atoms with E-state index in [1.165, 1.54) is 6.08 Å². The van der Waals surface area contributed by atoms with Crippen LogP contribution in [-0.2, 0) is 9.59 Å². The lowest BCUT2D eigenvalue weighted by atomic mass is 9.87. The van der Waals surface area contributed by atoms with Crippen LogP contribution >= 0.6 is 0 Å². The third-order valence-corrected chi connectivity index (χ3v) is 3.63. The van der Waals surface area contributed by atoms with Crippen LogP contribution in [0.15, 0.2) is 30.3 Å². The number of aliphatic carboxylic acids is 1. The molecule has 0 aromatic heterocycles. The number of rotatable bonds is 4. The number of phenolic OH excluding ortho intramolecular Hbond substituents is 1. The molecule has 5 heteroatoms. The van der Waals surface area contributed by atoms with Crippen LogP contribution in [0.2, 0.25) is 0 Å². The van der Waals surface area contributed by atoms with E-state index in [1.54, 1.807) is 42.2 Å². The Labute approximate surface area is 117 Å². The van der Waals surface area contributed by atoms with Crippen LogP contribution in [0.4, 0.5) is 0 Å². The van der Waals surface area contributed by atoms with Gasteiger partial charge < -0.3 is 15.1 Å². The van der Waals surface area contributed by atoms with Gasteiger partial charge in [0, 0.05) is 25.1 Å². The molecule has 1 aliphatic heterocycles. The number of hydrogen-bond acceptors (Lipinski definition) is 3. The molecule has 1 aromatic rings. The van der Waals surface area contributed by atoms with Crippen molar-refractivity contribution in [2.75, 3.05) is 13.1 Å². The topological polar surface area (TPSA) is 77.8 Å². The minimum atomic E-state index is -0.818. The average molecular weight is 275 g/mol. The van der Waals surface area contributed by atoms with Gasteiger partial charge in [0.1, 0.15) is 5.75 Å².